The standard InChI is InChI=1S/C17H23N3/c1-13(8-9-15-10-11-17(18)19-12-15)20-14(2)16-6-4-3-5-7-16/h3-7,10-14,20H,8-9H2,1-2H3,(H2,18,19). The summed E-state index contributed by atoms with van der Waals surface area (Å²) in [6.45, 7) is 4.43. The summed E-state index contributed by atoms with van der Waals surface area (Å²) in [5, 5.41) is 3.63. The first kappa shape index (κ1) is 14.5. The molecule has 2 rings (SSSR count). The first-order chi connectivity index (χ1) is 9.65. The lowest BCUT2D eigenvalue weighted by Gasteiger charge is -2.20. The van der Waals surface area contributed by atoms with Crippen molar-refractivity contribution in [2.45, 2.75) is 38.8 Å². The second kappa shape index (κ2) is 7.06. The van der Waals surface area contributed by atoms with Crippen molar-refractivity contribution in [2.75, 3.05) is 5.73 Å². The molecule has 1 heterocycles. The van der Waals surface area contributed by atoms with Gasteiger partial charge in [-0.15, -0.1) is 0 Å². The van der Waals surface area contributed by atoms with E-state index in [9.17, 15) is 0 Å². The SMILES string of the molecule is CC(CCc1ccc(N)nc1)NC(C)c1ccccc1. The Hall–Kier alpha value is -1.87. The number of hydrogen-bond acceptors (Lipinski definition) is 3. The van der Waals surface area contributed by atoms with Crippen LogP contribution in [0.5, 0.6) is 0 Å². The Balaban J connectivity index is 1.80. The third-order valence-corrected chi connectivity index (χ3v) is 3.55. The Kier molecular flexibility index (Phi) is 5.13. The van der Waals surface area contributed by atoms with Gasteiger partial charge in [0.25, 0.3) is 0 Å². The number of anilines is 1. The Bertz CT molecular complexity index is 508. The van der Waals surface area contributed by atoms with Crippen LogP contribution in [0.2, 0.25) is 0 Å². The molecule has 0 saturated carbocycles. The molecule has 1 aromatic heterocycles. The summed E-state index contributed by atoms with van der Waals surface area (Å²) in [6.07, 6.45) is 3.97. The molecule has 0 amide bonds. The highest BCUT2D eigenvalue weighted by molar-refractivity contribution is 5.29. The number of nitrogens with one attached hydrogen (secondary N) is 1. The molecule has 0 saturated heterocycles. The van der Waals surface area contributed by atoms with Gasteiger partial charge in [-0.3, -0.25) is 0 Å². The van der Waals surface area contributed by atoms with Crippen molar-refractivity contribution in [3.05, 3.63) is 59.8 Å². The highest BCUT2D eigenvalue weighted by atomic mass is 14.9. The van der Waals surface area contributed by atoms with E-state index in [0.29, 0.717) is 17.9 Å². The highest BCUT2D eigenvalue weighted by Crippen LogP contribution is 2.14. The van der Waals surface area contributed by atoms with Gasteiger partial charge in [-0.1, -0.05) is 36.4 Å². The Morgan fingerprint density at radius 1 is 1.10 bits per heavy atom. The summed E-state index contributed by atoms with van der Waals surface area (Å²) in [6, 6.07) is 15.3. The summed E-state index contributed by atoms with van der Waals surface area (Å²) in [7, 11) is 0. The zero-order valence-electron chi connectivity index (χ0n) is 12.2. The van der Waals surface area contributed by atoms with Gasteiger partial charge in [-0.05, 0) is 43.9 Å². The second-order valence-electron chi connectivity index (χ2n) is 5.33. The largest absolute Gasteiger partial charge is 0.384 e. The molecular formula is C17H23N3. The topological polar surface area (TPSA) is 50.9 Å². The monoisotopic (exact) mass is 269 g/mol. The second-order valence-corrected chi connectivity index (χ2v) is 5.33. The van der Waals surface area contributed by atoms with Crippen LogP contribution in [0.25, 0.3) is 0 Å². The molecule has 3 N–H and O–H groups in total. The number of hydrogen-bond donors (Lipinski definition) is 2. The van der Waals surface area contributed by atoms with Gasteiger partial charge in [-0.25, -0.2) is 4.98 Å². The number of rotatable bonds is 6. The van der Waals surface area contributed by atoms with Crippen LogP contribution in [-0.2, 0) is 6.42 Å². The number of aromatic nitrogens is 1. The van der Waals surface area contributed by atoms with Gasteiger partial charge in [-0.2, -0.15) is 0 Å². The van der Waals surface area contributed by atoms with Gasteiger partial charge in [0.15, 0.2) is 0 Å². The van der Waals surface area contributed by atoms with E-state index in [1.165, 1.54) is 11.1 Å². The molecule has 3 heteroatoms. The van der Waals surface area contributed by atoms with Crippen molar-refractivity contribution in [2.24, 2.45) is 0 Å². The maximum Gasteiger partial charge on any atom is 0.123 e. The van der Waals surface area contributed by atoms with Crippen LogP contribution in [0, 0.1) is 0 Å². The minimum atomic E-state index is 0.371. The smallest absolute Gasteiger partial charge is 0.123 e. The van der Waals surface area contributed by atoms with Crippen molar-refractivity contribution < 1.29 is 0 Å². The van der Waals surface area contributed by atoms with Crippen LogP contribution >= 0.6 is 0 Å². The van der Waals surface area contributed by atoms with Crippen molar-refractivity contribution in [1.29, 1.82) is 0 Å². The fraction of sp³-hybridized carbons (Fsp3) is 0.353. The lowest BCUT2D eigenvalue weighted by molar-refractivity contribution is 0.456. The number of nitrogens with zero attached hydrogens (tertiary/aromatic N) is 1. The van der Waals surface area contributed by atoms with Crippen molar-refractivity contribution in [3.63, 3.8) is 0 Å². The van der Waals surface area contributed by atoms with E-state index in [-0.39, 0.29) is 0 Å². The van der Waals surface area contributed by atoms with Gasteiger partial charge in [0.1, 0.15) is 5.82 Å². The molecule has 0 aliphatic carbocycles. The Morgan fingerprint density at radius 2 is 1.85 bits per heavy atom. The molecule has 20 heavy (non-hydrogen) atoms. The molecule has 106 valence electrons. The molecule has 2 atom stereocenters. The fourth-order valence-electron chi connectivity index (χ4n) is 2.32. The molecule has 0 spiro atoms. The van der Waals surface area contributed by atoms with Crippen LogP contribution in [-0.4, -0.2) is 11.0 Å². The summed E-state index contributed by atoms with van der Waals surface area (Å²) in [5.41, 5.74) is 8.15. The van der Waals surface area contributed by atoms with Gasteiger partial charge < -0.3 is 11.1 Å². The first-order valence-electron chi connectivity index (χ1n) is 7.16. The molecule has 2 unspecified atom stereocenters. The minimum Gasteiger partial charge on any atom is -0.384 e. The van der Waals surface area contributed by atoms with E-state index in [4.69, 9.17) is 5.73 Å². The van der Waals surface area contributed by atoms with Gasteiger partial charge in [0.2, 0.25) is 0 Å². The van der Waals surface area contributed by atoms with Crippen LogP contribution < -0.4 is 11.1 Å². The highest BCUT2D eigenvalue weighted by Gasteiger charge is 2.09. The van der Waals surface area contributed by atoms with Gasteiger partial charge in [0, 0.05) is 18.3 Å². The predicted molar refractivity (Wildman–Crippen MR) is 84.4 cm³/mol. The number of nitrogen functional groups attached to an aromatic ring is 1. The van der Waals surface area contributed by atoms with E-state index in [1.54, 1.807) is 0 Å². The number of benzene rings is 1. The first-order valence-corrected chi connectivity index (χ1v) is 7.16. The molecule has 1 aromatic carbocycles. The zero-order valence-corrected chi connectivity index (χ0v) is 12.2. The lowest BCUT2D eigenvalue weighted by atomic mass is 10.0. The maximum absolute atomic E-state index is 5.59. The summed E-state index contributed by atoms with van der Waals surface area (Å²) < 4.78 is 0. The minimum absolute atomic E-state index is 0.371. The summed E-state index contributed by atoms with van der Waals surface area (Å²) in [5.74, 6) is 0.581. The van der Waals surface area contributed by atoms with Crippen molar-refractivity contribution in [1.82, 2.24) is 10.3 Å². The van der Waals surface area contributed by atoms with E-state index >= 15 is 0 Å². The Morgan fingerprint density at radius 3 is 2.50 bits per heavy atom. The zero-order chi connectivity index (χ0) is 14.4. The third kappa shape index (κ3) is 4.35. The van der Waals surface area contributed by atoms with E-state index < -0.39 is 0 Å². The van der Waals surface area contributed by atoms with Gasteiger partial charge in [0.05, 0.1) is 0 Å². The average Bonchev–Trinajstić information content (AvgIpc) is 2.47. The van der Waals surface area contributed by atoms with Crippen LogP contribution in [0.4, 0.5) is 5.82 Å². The van der Waals surface area contributed by atoms with E-state index in [2.05, 4.69) is 54.5 Å². The molecule has 0 fully saturated rings. The predicted octanol–water partition coefficient (Wildman–Crippen LogP) is 3.34. The van der Waals surface area contributed by atoms with Crippen LogP contribution in [0.1, 0.15) is 37.4 Å². The summed E-state index contributed by atoms with van der Waals surface area (Å²) >= 11 is 0. The lowest BCUT2D eigenvalue weighted by Crippen LogP contribution is -2.29. The number of pyridine rings is 1. The van der Waals surface area contributed by atoms with E-state index in [0.717, 1.165) is 12.8 Å². The molecular weight excluding hydrogens is 246 g/mol. The molecule has 3 nitrogen and oxygen atoms in total. The Labute approximate surface area is 121 Å². The van der Waals surface area contributed by atoms with Crippen molar-refractivity contribution in [3.8, 4) is 0 Å². The third-order valence-electron chi connectivity index (χ3n) is 3.55. The normalized spacial score (nSPS) is 13.9. The maximum atomic E-state index is 5.59. The van der Waals surface area contributed by atoms with Crippen LogP contribution in [0.15, 0.2) is 48.7 Å². The molecule has 2 aromatic rings. The summed E-state index contributed by atoms with van der Waals surface area (Å²) in [4.78, 5) is 4.12. The van der Waals surface area contributed by atoms with Crippen LogP contribution in [0.3, 0.4) is 0 Å². The van der Waals surface area contributed by atoms with E-state index in [1.807, 2.05) is 18.3 Å². The molecule has 0 aliphatic heterocycles. The molecule has 0 radical (unpaired) electrons. The quantitative estimate of drug-likeness (QED) is 0.845. The fourth-order valence-corrected chi connectivity index (χ4v) is 2.32. The average molecular weight is 269 g/mol. The number of aryl methyl sites for hydroxylation is 1. The van der Waals surface area contributed by atoms with Gasteiger partial charge >= 0.3 is 0 Å². The number of nitrogens with two attached hydrogens (primary N) is 1. The molecule has 0 bridgehead atoms. The van der Waals surface area contributed by atoms with Crippen molar-refractivity contribution >= 4 is 5.82 Å². The molecule has 0 aliphatic rings.